The van der Waals surface area contributed by atoms with Gasteiger partial charge in [-0.3, -0.25) is 4.57 Å². The Morgan fingerprint density at radius 2 is 1.48 bits per heavy atom. The van der Waals surface area contributed by atoms with Crippen LogP contribution in [0.4, 0.5) is 5.69 Å². The second-order valence-corrected chi connectivity index (χ2v) is 8.82. The Kier molecular flexibility index (Phi) is 4.52. The molecule has 1 aliphatic rings. The van der Waals surface area contributed by atoms with Gasteiger partial charge in [0.25, 0.3) is 0 Å². The molecule has 0 radical (unpaired) electrons. The van der Waals surface area contributed by atoms with Gasteiger partial charge in [-0.05, 0) is 61.2 Å². The first-order valence-electron chi connectivity index (χ1n) is 11.3. The predicted molar refractivity (Wildman–Crippen MR) is 134 cm³/mol. The number of rotatable bonds is 4. The third-order valence-corrected chi connectivity index (χ3v) is 6.72. The number of hydrogen-bond donors (Lipinski definition) is 2. The van der Waals surface area contributed by atoms with Crippen molar-refractivity contribution in [3.63, 3.8) is 0 Å². The summed E-state index contributed by atoms with van der Waals surface area (Å²) in [6.45, 7) is 0. The van der Waals surface area contributed by atoms with Crippen LogP contribution in [0.1, 0.15) is 24.8 Å². The van der Waals surface area contributed by atoms with Gasteiger partial charge in [-0.25, -0.2) is 9.97 Å². The van der Waals surface area contributed by atoms with Crippen molar-refractivity contribution in [1.82, 2.24) is 14.5 Å². The van der Waals surface area contributed by atoms with Crippen LogP contribution < -0.4 is 11.5 Å². The van der Waals surface area contributed by atoms with E-state index >= 15 is 0 Å². The van der Waals surface area contributed by atoms with Crippen molar-refractivity contribution in [2.75, 3.05) is 5.73 Å². The zero-order valence-electron chi connectivity index (χ0n) is 18.3. The van der Waals surface area contributed by atoms with E-state index in [1.54, 1.807) is 0 Å². The Bertz CT molecular complexity index is 1450. The summed E-state index contributed by atoms with van der Waals surface area (Å²) in [7, 11) is 0. The molecule has 5 heteroatoms. The number of aromatic nitrogens is 3. The molecule has 33 heavy (non-hydrogen) atoms. The van der Waals surface area contributed by atoms with Gasteiger partial charge in [0.2, 0.25) is 0 Å². The summed E-state index contributed by atoms with van der Waals surface area (Å²) in [5, 5.41) is 0. The number of pyridine rings is 1. The average Bonchev–Trinajstić information content (AvgIpc) is 3.22. The van der Waals surface area contributed by atoms with Crippen molar-refractivity contribution in [1.29, 1.82) is 0 Å². The van der Waals surface area contributed by atoms with Crippen molar-refractivity contribution in [2.24, 2.45) is 5.73 Å². The van der Waals surface area contributed by atoms with Crippen LogP contribution in [-0.2, 0) is 5.54 Å². The summed E-state index contributed by atoms with van der Waals surface area (Å²) in [6.07, 6.45) is 3.26. The molecule has 5 nitrogen and oxygen atoms in total. The highest BCUT2D eigenvalue weighted by Crippen LogP contribution is 2.39. The summed E-state index contributed by atoms with van der Waals surface area (Å²) in [6, 6.07) is 30.6. The largest absolute Gasteiger partial charge is 0.398 e. The lowest BCUT2D eigenvalue weighted by Gasteiger charge is -2.38. The molecule has 0 amide bonds. The Morgan fingerprint density at radius 3 is 2.18 bits per heavy atom. The third kappa shape index (κ3) is 3.29. The smallest absolute Gasteiger partial charge is 0.165 e. The maximum Gasteiger partial charge on any atom is 0.165 e. The normalized spacial score (nSPS) is 14.8. The summed E-state index contributed by atoms with van der Waals surface area (Å²) >= 11 is 0. The number of anilines is 1. The number of nitrogen functional groups attached to an aromatic ring is 1. The number of hydrogen-bond acceptors (Lipinski definition) is 4. The molecule has 2 aromatic heterocycles. The lowest BCUT2D eigenvalue weighted by molar-refractivity contribution is 0.253. The SMILES string of the molecule is Nc1ccccc1-c1nc2ccc(-c3ccccc3)nc2n1-c1ccc(C2(N)CCC2)cc1. The van der Waals surface area contributed by atoms with Gasteiger partial charge >= 0.3 is 0 Å². The minimum absolute atomic E-state index is 0.193. The maximum atomic E-state index is 6.56. The summed E-state index contributed by atoms with van der Waals surface area (Å²) in [4.78, 5) is 9.98. The zero-order valence-corrected chi connectivity index (χ0v) is 18.3. The van der Waals surface area contributed by atoms with Gasteiger partial charge in [-0.2, -0.15) is 0 Å². The highest BCUT2D eigenvalue weighted by molar-refractivity contribution is 5.85. The molecule has 0 unspecified atom stereocenters. The van der Waals surface area contributed by atoms with Crippen LogP contribution in [0.2, 0.25) is 0 Å². The molecule has 6 rings (SSSR count). The molecular weight excluding hydrogens is 406 g/mol. The monoisotopic (exact) mass is 431 g/mol. The van der Waals surface area contributed by atoms with Crippen molar-refractivity contribution in [3.05, 3.63) is 96.6 Å². The van der Waals surface area contributed by atoms with Gasteiger partial charge in [0, 0.05) is 28.0 Å². The van der Waals surface area contributed by atoms with Gasteiger partial charge in [0.15, 0.2) is 5.65 Å². The minimum atomic E-state index is -0.193. The summed E-state index contributed by atoms with van der Waals surface area (Å²) in [5.74, 6) is 0.777. The Morgan fingerprint density at radius 1 is 0.758 bits per heavy atom. The molecule has 1 saturated carbocycles. The number of imidazole rings is 1. The third-order valence-electron chi connectivity index (χ3n) is 6.72. The topological polar surface area (TPSA) is 82.8 Å². The molecule has 3 aromatic carbocycles. The van der Waals surface area contributed by atoms with Crippen molar-refractivity contribution >= 4 is 16.9 Å². The first-order valence-corrected chi connectivity index (χ1v) is 11.3. The fourth-order valence-corrected chi connectivity index (χ4v) is 4.64. The highest BCUT2D eigenvalue weighted by atomic mass is 15.1. The van der Waals surface area contributed by atoms with E-state index in [2.05, 4.69) is 41.0 Å². The molecule has 0 saturated heterocycles. The molecule has 5 aromatic rings. The van der Waals surface area contributed by atoms with E-state index in [0.717, 1.165) is 52.3 Å². The van der Waals surface area contributed by atoms with E-state index in [-0.39, 0.29) is 5.54 Å². The number of benzene rings is 3. The number of fused-ring (bicyclic) bond motifs is 1. The van der Waals surface area contributed by atoms with Gasteiger partial charge in [0.1, 0.15) is 11.3 Å². The molecule has 0 spiro atoms. The average molecular weight is 432 g/mol. The van der Waals surface area contributed by atoms with E-state index in [0.29, 0.717) is 5.69 Å². The van der Waals surface area contributed by atoms with Crippen molar-refractivity contribution in [2.45, 2.75) is 24.8 Å². The van der Waals surface area contributed by atoms with E-state index in [4.69, 9.17) is 21.4 Å². The number of para-hydroxylation sites is 1. The molecule has 2 heterocycles. The van der Waals surface area contributed by atoms with Crippen LogP contribution in [0.5, 0.6) is 0 Å². The van der Waals surface area contributed by atoms with Crippen LogP contribution >= 0.6 is 0 Å². The molecule has 4 N–H and O–H groups in total. The molecule has 1 fully saturated rings. The number of nitrogens with zero attached hydrogens (tertiary/aromatic N) is 3. The highest BCUT2D eigenvalue weighted by Gasteiger charge is 2.34. The molecule has 0 bridgehead atoms. The van der Waals surface area contributed by atoms with Crippen molar-refractivity contribution in [3.8, 4) is 28.3 Å². The lowest BCUT2D eigenvalue weighted by atomic mass is 9.73. The van der Waals surface area contributed by atoms with E-state index in [9.17, 15) is 0 Å². The molecular formula is C28H25N5. The van der Waals surface area contributed by atoms with Crippen LogP contribution in [0.3, 0.4) is 0 Å². The zero-order chi connectivity index (χ0) is 22.4. The van der Waals surface area contributed by atoms with E-state index in [1.807, 2.05) is 54.6 Å². The van der Waals surface area contributed by atoms with Gasteiger partial charge < -0.3 is 11.5 Å². The van der Waals surface area contributed by atoms with Crippen LogP contribution in [0.15, 0.2) is 91.0 Å². The van der Waals surface area contributed by atoms with Crippen LogP contribution in [0.25, 0.3) is 39.5 Å². The first kappa shape index (κ1) is 19.7. The van der Waals surface area contributed by atoms with Gasteiger partial charge in [-0.15, -0.1) is 0 Å². The molecule has 0 aliphatic heterocycles. The standard InChI is InChI=1S/C28H25N5/c29-23-10-5-4-9-22(23)26-32-25-16-15-24(19-7-2-1-3-8-19)31-27(25)33(26)21-13-11-20(12-14-21)28(30)17-6-18-28/h1-5,7-16H,6,17-18,29-30H2. The quantitative estimate of drug-likeness (QED) is 0.359. The summed E-state index contributed by atoms with van der Waals surface area (Å²) in [5.41, 5.74) is 20.1. The first-order chi connectivity index (χ1) is 16.1. The van der Waals surface area contributed by atoms with Crippen LogP contribution in [-0.4, -0.2) is 14.5 Å². The second-order valence-electron chi connectivity index (χ2n) is 8.82. The second kappa shape index (κ2) is 7.57. The summed E-state index contributed by atoms with van der Waals surface area (Å²) < 4.78 is 2.10. The molecule has 0 atom stereocenters. The van der Waals surface area contributed by atoms with Gasteiger partial charge in [0.05, 0.1) is 5.69 Å². The minimum Gasteiger partial charge on any atom is -0.398 e. The number of nitrogens with two attached hydrogens (primary N) is 2. The van der Waals surface area contributed by atoms with E-state index < -0.39 is 0 Å². The predicted octanol–water partition coefficient (Wildman–Crippen LogP) is 5.67. The van der Waals surface area contributed by atoms with Crippen LogP contribution in [0, 0.1) is 0 Å². The lowest BCUT2D eigenvalue weighted by Crippen LogP contribution is -2.43. The van der Waals surface area contributed by atoms with E-state index in [1.165, 1.54) is 12.0 Å². The fourth-order valence-electron chi connectivity index (χ4n) is 4.64. The molecule has 1 aliphatic carbocycles. The Hall–Kier alpha value is -3.96. The Labute approximate surface area is 192 Å². The Balaban J connectivity index is 1.57. The fraction of sp³-hybridized carbons (Fsp3) is 0.143. The maximum absolute atomic E-state index is 6.56. The van der Waals surface area contributed by atoms with Gasteiger partial charge in [-0.1, -0.05) is 54.6 Å². The molecule has 162 valence electrons. The van der Waals surface area contributed by atoms with Crippen molar-refractivity contribution < 1.29 is 0 Å².